The van der Waals surface area contributed by atoms with E-state index in [1.807, 2.05) is 27.7 Å². The standard InChI is InChI=1S/C11H16N2O4S/c1-5(2)17-12-6-8(14)13-7(10(15)16)11(3,4)18-9(6)13/h5,7,9H,1-4H3,(H,15,16)/b12-6+/t7-,9+/m0/s1. The normalized spacial score (nSPS) is 31.5. The Labute approximate surface area is 109 Å². The molecule has 0 radical (unpaired) electrons. The molecule has 18 heavy (non-hydrogen) atoms. The number of rotatable bonds is 3. The van der Waals surface area contributed by atoms with Crippen LogP contribution < -0.4 is 0 Å². The zero-order valence-corrected chi connectivity index (χ0v) is 11.5. The van der Waals surface area contributed by atoms with Crippen LogP contribution in [0.5, 0.6) is 0 Å². The minimum atomic E-state index is -0.979. The van der Waals surface area contributed by atoms with Crippen LogP contribution in [0.3, 0.4) is 0 Å². The molecule has 1 amide bonds. The molecule has 0 aromatic heterocycles. The smallest absolute Gasteiger partial charge is 0.327 e. The number of β-lactam (4-membered cyclic amide) rings is 1. The third-order valence-corrected chi connectivity index (χ3v) is 4.39. The maximum Gasteiger partial charge on any atom is 0.327 e. The molecular formula is C11H16N2O4S. The summed E-state index contributed by atoms with van der Waals surface area (Å²) in [5, 5.41) is 12.7. The summed E-state index contributed by atoms with van der Waals surface area (Å²) in [6.07, 6.45) is -0.103. The van der Waals surface area contributed by atoms with Gasteiger partial charge in [-0.1, -0.05) is 5.16 Å². The van der Waals surface area contributed by atoms with E-state index in [4.69, 9.17) is 4.84 Å². The van der Waals surface area contributed by atoms with Crippen molar-refractivity contribution in [2.75, 3.05) is 0 Å². The largest absolute Gasteiger partial charge is 0.480 e. The van der Waals surface area contributed by atoms with E-state index in [2.05, 4.69) is 5.16 Å². The Kier molecular flexibility index (Phi) is 3.04. The average molecular weight is 272 g/mol. The van der Waals surface area contributed by atoms with Gasteiger partial charge >= 0.3 is 5.97 Å². The number of carbonyl (C=O) groups excluding carboxylic acids is 1. The summed E-state index contributed by atoms with van der Waals surface area (Å²) in [6, 6.07) is -0.807. The van der Waals surface area contributed by atoms with Gasteiger partial charge in [0, 0.05) is 4.75 Å². The molecule has 6 nitrogen and oxygen atoms in total. The van der Waals surface area contributed by atoms with Gasteiger partial charge in [0.15, 0.2) is 5.71 Å². The average Bonchev–Trinajstić information content (AvgIpc) is 2.47. The van der Waals surface area contributed by atoms with Gasteiger partial charge in [-0.3, -0.25) is 4.79 Å². The Morgan fingerprint density at radius 1 is 1.56 bits per heavy atom. The number of carbonyl (C=O) groups is 2. The number of hydrogen-bond acceptors (Lipinski definition) is 5. The Balaban J connectivity index is 2.22. The maximum absolute atomic E-state index is 11.9. The molecule has 0 spiro atoms. The first-order chi connectivity index (χ1) is 8.25. The fourth-order valence-electron chi connectivity index (χ4n) is 2.13. The summed E-state index contributed by atoms with van der Waals surface area (Å²) >= 11 is 1.43. The van der Waals surface area contributed by atoms with Gasteiger partial charge in [-0.2, -0.15) is 0 Å². The number of fused-ring (bicyclic) bond motifs is 1. The minimum Gasteiger partial charge on any atom is -0.480 e. The molecule has 100 valence electrons. The Hall–Kier alpha value is -1.24. The van der Waals surface area contributed by atoms with Crippen molar-refractivity contribution in [3.05, 3.63) is 0 Å². The first kappa shape index (κ1) is 13.2. The third kappa shape index (κ3) is 1.86. The number of carboxylic acid groups (broad SMARTS) is 1. The van der Waals surface area contributed by atoms with Crippen LogP contribution >= 0.6 is 11.8 Å². The van der Waals surface area contributed by atoms with Gasteiger partial charge in [-0.05, 0) is 27.7 Å². The molecule has 0 saturated carbocycles. The monoisotopic (exact) mass is 272 g/mol. The topological polar surface area (TPSA) is 79.2 Å². The van der Waals surface area contributed by atoms with E-state index in [1.54, 1.807) is 0 Å². The molecule has 0 aromatic rings. The van der Waals surface area contributed by atoms with Gasteiger partial charge in [0.2, 0.25) is 0 Å². The predicted molar refractivity (Wildman–Crippen MR) is 67.4 cm³/mol. The second-order valence-electron chi connectivity index (χ2n) is 5.16. The first-order valence-electron chi connectivity index (χ1n) is 5.72. The zero-order valence-electron chi connectivity index (χ0n) is 10.7. The summed E-state index contributed by atoms with van der Waals surface area (Å²) in [5.41, 5.74) is 0.311. The van der Waals surface area contributed by atoms with E-state index in [0.717, 1.165) is 0 Å². The number of aliphatic carboxylic acids is 1. The molecule has 2 rings (SSSR count). The SMILES string of the molecule is CC(C)O/N=C1\C(=O)N2[C@@H]1SC(C)(C)[C@@H]2C(=O)O. The fourth-order valence-corrected chi connectivity index (χ4v) is 3.63. The van der Waals surface area contributed by atoms with Crippen molar-refractivity contribution in [1.82, 2.24) is 4.90 Å². The van der Waals surface area contributed by atoms with E-state index in [1.165, 1.54) is 16.7 Å². The molecule has 7 heteroatoms. The number of nitrogens with zero attached hydrogens (tertiary/aromatic N) is 2. The van der Waals surface area contributed by atoms with Crippen LogP contribution in [0, 0.1) is 0 Å². The molecule has 2 heterocycles. The van der Waals surface area contributed by atoms with E-state index in [9.17, 15) is 14.7 Å². The van der Waals surface area contributed by atoms with Gasteiger partial charge in [0.05, 0.1) is 0 Å². The zero-order chi connectivity index (χ0) is 13.7. The van der Waals surface area contributed by atoms with Gasteiger partial charge in [-0.25, -0.2) is 4.79 Å². The Morgan fingerprint density at radius 3 is 2.67 bits per heavy atom. The lowest BCUT2D eigenvalue weighted by atomic mass is 9.98. The highest BCUT2D eigenvalue weighted by molar-refractivity contribution is 8.02. The first-order valence-corrected chi connectivity index (χ1v) is 6.60. The van der Waals surface area contributed by atoms with Crippen molar-refractivity contribution in [2.24, 2.45) is 5.16 Å². The Morgan fingerprint density at radius 2 is 2.17 bits per heavy atom. The molecule has 0 aliphatic carbocycles. The van der Waals surface area contributed by atoms with Gasteiger partial charge in [0.1, 0.15) is 17.5 Å². The summed E-state index contributed by atoms with van der Waals surface area (Å²) in [4.78, 5) is 29.6. The molecule has 1 N–H and O–H groups in total. The molecule has 2 aliphatic rings. The lowest BCUT2D eigenvalue weighted by Crippen LogP contribution is -2.63. The molecule has 0 bridgehead atoms. The quantitative estimate of drug-likeness (QED) is 0.610. The van der Waals surface area contributed by atoms with Crippen molar-refractivity contribution in [3.63, 3.8) is 0 Å². The molecule has 2 saturated heterocycles. The molecule has 0 unspecified atom stereocenters. The van der Waals surface area contributed by atoms with Crippen molar-refractivity contribution >= 4 is 29.4 Å². The van der Waals surface area contributed by atoms with Crippen molar-refractivity contribution in [1.29, 1.82) is 0 Å². The fraction of sp³-hybridized carbons (Fsp3) is 0.727. The van der Waals surface area contributed by atoms with Crippen LogP contribution in [0.4, 0.5) is 0 Å². The van der Waals surface area contributed by atoms with E-state index >= 15 is 0 Å². The van der Waals surface area contributed by atoms with Gasteiger partial charge < -0.3 is 14.8 Å². The second-order valence-corrected chi connectivity index (χ2v) is 6.89. The number of thioether (sulfide) groups is 1. The number of hydrogen-bond donors (Lipinski definition) is 1. The Bertz CT molecular complexity index is 433. The lowest BCUT2D eigenvalue weighted by Gasteiger charge is -2.37. The van der Waals surface area contributed by atoms with Crippen LogP contribution in [0.25, 0.3) is 0 Å². The number of oxime groups is 1. The highest BCUT2D eigenvalue weighted by atomic mass is 32.2. The molecule has 0 aromatic carbocycles. The number of carboxylic acids is 1. The summed E-state index contributed by atoms with van der Waals surface area (Å²) < 4.78 is -0.527. The van der Waals surface area contributed by atoms with Gasteiger partial charge in [0.25, 0.3) is 5.91 Å². The minimum absolute atomic E-state index is 0.103. The maximum atomic E-state index is 11.9. The van der Waals surface area contributed by atoms with Crippen molar-refractivity contribution < 1.29 is 19.5 Å². The predicted octanol–water partition coefficient (Wildman–Crippen LogP) is 0.914. The summed E-state index contributed by atoms with van der Waals surface area (Å²) in [5.74, 6) is -1.32. The molecule has 2 fully saturated rings. The highest BCUT2D eigenvalue weighted by Crippen LogP contribution is 2.49. The van der Waals surface area contributed by atoms with Crippen molar-refractivity contribution in [3.8, 4) is 0 Å². The van der Waals surface area contributed by atoms with Crippen LogP contribution in [-0.2, 0) is 14.4 Å². The van der Waals surface area contributed by atoms with Crippen LogP contribution in [0.1, 0.15) is 27.7 Å². The van der Waals surface area contributed by atoms with E-state index in [-0.39, 0.29) is 17.4 Å². The molecular weight excluding hydrogens is 256 g/mol. The third-order valence-electron chi connectivity index (χ3n) is 2.89. The summed E-state index contributed by atoms with van der Waals surface area (Å²) in [6.45, 7) is 7.28. The number of amides is 1. The second kappa shape index (κ2) is 4.15. The van der Waals surface area contributed by atoms with Crippen LogP contribution in [0.2, 0.25) is 0 Å². The summed E-state index contributed by atoms with van der Waals surface area (Å²) in [7, 11) is 0. The van der Waals surface area contributed by atoms with E-state index < -0.39 is 16.8 Å². The molecule has 2 atom stereocenters. The highest BCUT2D eigenvalue weighted by Gasteiger charge is 2.62. The van der Waals surface area contributed by atoms with Gasteiger partial charge in [-0.15, -0.1) is 11.8 Å². The van der Waals surface area contributed by atoms with Crippen molar-refractivity contribution in [2.45, 2.75) is 50.0 Å². The van der Waals surface area contributed by atoms with Crippen LogP contribution in [0.15, 0.2) is 5.16 Å². The van der Waals surface area contributed by atoms with E-state index in [0.29, 0.717) is 5.71 Å². The molecule has 2 aliphatic heterocycles. The van der Waals surface area contributed by atoms with Crippen LogP contribution in [-0.4, -0.2) is 49.9 Å². The lowest BCUT2D eigenvalue weighted by molar-refractivity contribution is -0.150.